The maximum absolute atomic E-state index is 11.9. The second-order valence-corrected chi connectivity index (χ2v) is 7.28. The van der Waals surface area contributed by atoms with E-state index in [2.05, 4.69) is 0 Å². The number of carbonyl (C=O) groups excluding carboxylic acids is 1. The number of anilines is 1. The number of hydrogen-bond acceptors (Lipinski definition) is 5. The molecule has 0 radical (unpaired) electrons. The number of halogens is 2. The summed E-state index contributed by atoms with van der Waals surface area (Å²) in [5, 5.41) is 1.39. The molecule has 6 nitrogen and oxygen atoms in total. The number of benzene rings is 1. The molecule has 0 bridgehead atoms. The van der Waals surface area contributed by atoms with Crippen LogP contribution in [0.1, 0.15) is 20.8 Å². The van der Waals surface area contributed by atoms with Crippen LogP contribution in [0.2, 0.25) is 5.02 Å². The highest BCUT2D eigenvalue weighted by atomic mass is 35.7. The smallest absolute Gasteiger partial charge is 0.443 e. The Morgan fingerprint density at radius 2 is 1.81 bits per heavy atom. The lowest BCUT2D eigenvalue weighted by Gasteiger charge is -2.28. The topological polar surface area (TPSA) is 76.1 Å². The summed E-state index contributed by atoms with van der Waals surface area (Å²) < 4.78 is 21.1. The van der Waals surface area contributed by atoms with Crippen molar-refractivity contribution in [2.45, 2.75) is 32.9 Å². The predicted octanol–water partition coefficient (Wildman–Crippen LogP) is 3.76. The number of carbonyl (C=O) groups is 1. The fourth-order valence-corrected chi connectivity index (χ4v) is 2.24. The van der Waals surface area contributed by atoms with Gasteiger partial charge in [0.15, 0.2) is 6.04 Å². The zero-order chi connectivity index (χ0) is 16.2. The summed E-state index contributed by atoms with van der Waals surface area (Å²) in [6.07, 6.45) is -0.330. The molecule has 1 unspecified atom stereocenters. The number of esters is 1. The van der Waals surface area contributed by atoms with Gasteiger partial charge in [-0.1, -0.05) is 11.6 Å². The van der Waals surface area contributed by atoms with Crippen molar-refractivity contribution in [2.24, 2.45) is 0 Å². The molecule has 1 N–H and O–H groups in total. The van der Waals surface area contributed by atoms with E-state index in [4.69, 9.17) is 32.2 Å². The van der Waals surface area contributed by atoms with Gasteiger partial charge in [0.25, 0.3) is 0 Å². The van der Waals surface area contributed by atoms with Crippen molar-refractivity contribution in [3.8, 4) is 0 Å². The van der Waals surface area contributed by atoms with Crippen LogP contribution in [0.3, 0.4) is 0 Å². The van der Waals surface area contributed by atoms with E-state index in [0.717, 1.165) is 5.06 Å². The Bertz CT molecular complexity index is 531. The molecule has 0 saturated carbocycles. The Hall–Kier alpha value is -0.780. The molecule has 0 spiro atoms. The van der Waals surface area contributed by atoms with Crippen LogP contribution in [-0.4, -0.2) is 23.0 Å². The van der Waals surface area contributed by atoms with Crippen molar-refractivity contribution in [1.29, 1.82) is 0 Å². The van der Waals surface area contributed by atoms with Crippen LogP contribution in [-0.2, 0) is 18.7 Å². The number of hydrogen-bond donors (Lipinski definition) is 1. The highest BCUT2D eigenvalue weighted by Gasteiger charge is 2.30. The summed E-state index contributed by atoms with van der Waals surface area (Å²) in [6, 6.07) is 5.16. The molecule has 1 aromatic carbocycles. The summed E-state index contributed by atoms with van der Waals surface area (Å²) in [5.41, 5.74) is 0.336. The molecule has 0 fully saturated rings. The molecule has 0 aliphatic heterocycles. The van der Waals surface area contributed by atoms with Crippen LogP contribution in [0.25, 0.3) is 0 Å². The molecule has 0 amide bonds. The third kappa shape index (κ3) is 6.24. The Morgan fingerprint density at radius 1 is 1.29 bits per heavy atom. The normalized spacial score (nSPS) is 15.4. The maximum Gasteiger partial charge on any atom is 0.443 e. The maximum atomic E-state index is 11.9. The fourth-order valence-electron chi connectivity index (χ4n) is 1.46. The number of nitrogens with zero attached hydrogens (tertiary/aromatic N) is 1. The van der Waals surface area contributed by atoms with Gasteiger partial charge < -0.3 is 9.63 Å². The summed E-state index contributed by atoms with van der Waals surface area (Å²) >= 11 is 11.0. The molecule has 118 valence electrons. The summed E-state index contributed by atoms with van der Waals surface area (Å²) in [4.78, 5) is 21.1. The van der Waals surface area contributed by atoms with Gasteiger partial charge in [0.2, 0.25) is 0 Å². The van der Waals surface area contributed by atoms with Gasteiger partial charge in [-0.25, -0.2) is 14.4 Å². The van der Waals surface area contributed by atoms with Gasteiger partial charge in [-0.05, 0) is 45.0 Å². The molecule has 0 saturated heterocycles. The van der Waals surface area contributed by atoms with Crippen LogP contribution in [0.5, 0.6) is 0 Å². The van der Waals surface area contributed by atoms with Crippen molar-refractivity contribution in [3.05, 3.63) is 29.3 Å². The van der Waals surface area contributed by atoms with Gasteiger partial charge in [-0.2, -0.15) is 4.62 Å². The SMILES string of the molecule is CC(C)OC(=O)[C@H](C)N(OP(=O)(O)Cl)c1ccc(Cl)cc1. The molecule has 9 heteroatoms. The van der Waals surface area contributed by atoms with Crippen molar-refractivity contribution < 1.29 is 23.6 Å². The zero-order valence-corrected chi connectivity index (χ0v) is 14.1. The molecule has 2 atom stereocenters. The minimum absolute atomic E-state index is 0.330. The molecule has 1 rings (SSSR count). The van der Waals surface area contributed by atoms with Crippen molar-refractivity contribution >= 4 is 41.4 Å². The van der Waals surface area contributed by atoms with Gasteiger partial charge in [-0.3, -0.25) is 0 Å². The molecule has 0 heterocycles. The largest absolute Gasteiger partial charge is 0.461 e. The molecule has 21 heavy (non-hydrogen) atoms. The van der Waals surface area contributed by atoms with Gasteiger partial charge in [-0.15, -0.1) is 0 Å². The monoisotopic (exact) mass is 355 g/mol. The van der Waals surface area contributed by atoms with Crippen molar-refractivity contribution in [3.63, 3.8) is 0 Å². The van der Waals surface area contributed by atoms with Gasteiger partial charge in [0.1, 0.15) is 0 Å². The van der Waals surface area contributed by atoms with E-state index >= 15 is 0 Å². The van der Waals surface area contributed by atoms with E-state index in [1.165, 1.54) is 19.1 Å². The zero-order valence-electron chi connectivity index (χ0n) is 11.7. The van der Waals surface area contributed by atoms with Crippen LogP contribution in [0.15, 0.2) is 24.3 Å². The summed E-state index contributed by atoms with van der Waals surface area (Å²) in [7, 11) is 0. The first-order valence-electron chi connectivity index (χ1n) is 6.07. The first kappa shape index (κ1) is 18.3. The van der Waals surface area contributed by atoms with E-state index in [1.807, 2.05) is 0 Å². The summed E-state index contributed by atoms with van der Waals surface area (Å²) in [5.74, 6) is -0.620. The first-order chi connectivity index (χ1) is 9.60. The molecule has 0 aromatic heterocycles. The highest BCUT2D eigenvalue weighted by Crippen LogP contribution is 2.49. The number of hydroxylamine groups is 1. The van der Waals surface area contributed by atoms with Gasteiger partial charge >= 0.3 is 12.9 Å². The Morgan fingerprint density at radius 3 is 2.24 bits per heavy atom. The Labute approximate surface area is 132 Å². The highest BCUT2D eigenvalue weighted by molar-refractivity contribution is 7.80. The van der Waals surface area contributed by atoms with Crippen LogP contribution < -0.4 is 5.06 Å². The van der Waals surface area contributed by atoms with Crippen LogP contribution in [0, 0.1) is 0 Å². The molecular weight excluding hydrogens is 340 g/mol. The lowest BCUT2D eigenvalue weighted by molar-refractivity contribution is -0.149. The Kier molecular flexibility index (Phi) is 6.50. The van der Waals surface area contributed by atoms with Crippen LogP contribution in [0.4, 0.5) is 5.69 Å². The van der Waals surface area contributed by atoms with E-state index in [1.54, 1.807) is 26.0 Å². The van der Waals surface area contributed by atoms with Crippen LogP contribution >= 0.6 is 29.8 Å². The minimum atomic E-state index is -4.37. The standard InChI is InChI=1S/C12H16Cl2NO5P/c1-8(2)19-12(16)9(3)15(20-21(14,17)18)11-6-4-10(13)5-7-11/h4-9H,1-3H3,(H,17,18)/t9-/m0/s1. The Balaban J connectivity index is 3.04. The quantitative estimate of drug-likeness (QED) is 0.475. The number of ether oxygens (including phenoxy) is 1. The summed E-state index contributed by atoms with van der Waals surface area (Å²) in [6.45, 7) is 0.477. The lowest BCUT2D eigenvalue weighted by Crippen LogP contribution is -2.40. The van der Waals surface area contributed by atoms with E-state index in [-0.39, 0.29) is 6.10 Å². The van der Waals surface area contributed by atoms with Crippen molar-refractivity contribution in [1.82, 2.24) is 0 Å². The third-order valence-corrected chi connectivity index (χ3v) is 3.13. The number of rotatable bonds is 6. The second kappa shape index (κ2) is 7.47. The van der Waals surface area contributed by atoms with Gasteiger partial charge in [0.05, 0.1) is 11.8 Å². The predicted molar refractivity (Wildman–Crippen MR) is 81.4 cm³/mol. The first-order valence-corrected chi connectivity index (χ1v) is 8.93. The average Bonchev–Trinajstić information content (AvgIpc) is 2.34. The minimum Gasteiger partial charge on any atom is -0.461 e. The molecular formula is C12H16Cl2NO5P. The lowest BCUT2D eigenvalue weighted by atomic mass is 10.2. The second-order valence-electron chi connectivity index (χ2n) is 4.50. The molecule has 0 aliphatic rings. The fraction of sp³-hybridized carbons (Fsp3) is 0.417. The third-order valence-electron chi connectivity index (χ3n) is 2.31. The van der Waals surface area contributed by atoms with E-state index < -0.39 is 19.0 Å². The molecule has 0 aliphatic carbocycles. The van der Waals surface area contributed by atoms with E-state index in [9.17, 15) is 14.3 Å². The van der Waals surface area contributed by atoms with Gasteiger partial charge in [0, 0.05) is 16.3 Å². The molecule has 1 aromatic rings. The average molecular weight is 356 g/mol. The van der Waals surface area contributed by atoms with Crippen molar-refractivity contribution in [2.75, 3.05) is 5.06 Å². The van der Waals surface area contributed by atoms with E-state index in [0.29, 0.717) is 10.7 Å².